The third-order valence-corrected chi connectivity index (χ3v) is 9.58. The van der Waals surface area contributed by atoms with Crippen LogP contribution in [0.15, 0.2) is 35.9 Å². The summed E-state index contributed by atoms with van der Waals surface area (Å²) in [6.07, 6.45) is 5.80. The van der Waals surface area contributed by atoms with Crippen molar-refractivity contribution in [1.29, 1.82) is 0 Å². The summed E-state index contributed by atoms with van der Waals surface area (Å²) < 4.78 is 0. The second kappa shape index (κ2) is 16.5. The fourth-order valence-electron chi connectivity index (χ4n) is 6.72. The Hall–Kier alpha value is -3.80. The summed E-state index contributed by atoms with van der Waals surface area (Å²) in [6, 6.07) is 4.09. The molecule has 266 valence electrons. The summed E-state index contributed by atoms with van der Waals surface area (Å²) in [5.74, 6) is -0.923. The average Bonchev–Trinajstić information content (AvgIpc) is 3.53. The molecule has 0 spiro atoms. The lowest BCUT2D eigenvalue weighted by molar-refractivity contribution is -0.384. The van der Waals surface area contributed by atoms with Crippen molar-refractivity contribution >= 4 is 29.3 Å². The number of non-ortho nitro benzene ring substituents is 1. The third-order valence-electron chi connectivity index (χ3n) is 9.58. The summed E-state index contributed by atoms with van der Waals surface area (Å²) >= 11 is 0. The maximum atomic E-state index is 14.1. The van der Waals surface area contributed by atoms with Gasteiger partial charge >= 0.3 is 0 Å². The van der Waals surface area contributed by atoms with Crippen LogP contribution < -0.4 is 10.6 Å². The highest BCUT2D eigenvalue weighted by Crippen LogP contribution is 2.27. The summed E-state index contributed by atoms with van der Waals surface area (Å²) in [5.41, 5.74) is 0.575. The molecule has 0 aromatic heterocycles. The Bertz CT molecular complexity index is 1350. The highest BCUT2D eigenvalue weighted by atomic mass is 16.6. The molecular formula is C36H56N6O6. The third kappa shape index (κ3) is 9.64. The van der Waals surface area contributed by atoms with Gasteiger partial charge in [0.05, 0.1) is 17.0 Å². The average molecular weight is 669 g/mol. The highest BCUT2D eigenvalue weighted by molar-refractivity contribution is 5.97. The zero-order chi connectivity index (χ0) is 35.9. The second-order valence-electron chi connectivity index (χ2n) is 15.0. The van der Waals surface area contributed by atoms with Crippen molar-refractivity contribution in [2.45, 2.75) is 124 Å². The lowest BCUT2D eigenvalue weighted by Gasteiger charge is -2.41. The normalized spacial score (nSPS) is 20.4. The van der Waals surface area contributed by atoms with Crippen LogP contribution in [0.2, 0.25) is 0 Å². The lowest BCUT2D eigenvalue weighted by Crippen LogP contribution is -2.60. The van der Waals surface area contributed by atoms with Crippen LogP contribution in [-0.2, 0) is 25.7 Å². The largest absolute Gasteiger partial charge is 0.350 e. The number of hydrogen-bond donors (Lipinski definition) is 2. The number of rotatable bonds is 12. The van der Waals surface area contributed by atoms with Gasteiger partial charge in [0.15, 0.2) is 0 Å². The van der Waals surface area contributed by atoms with Gasteiger partial charge in [-0.15, -0.1) is 0 Å². The van der Waals surface area contributed by atoms with E-state index in [1.54, 1.807) is 42.0 Å². The van der Waals surface area contributed by atoms with Crippen LogP contribution in [0.1, 0.15) is 93.1 Å². The monoisotopic (exact) mass is 668 g/mol. The number of nitrogens with zero attached hydrogens (tertiary/aromatic N) is 4. The smallest absolute Gasteiger partial charge is 0.269 e. The molecule has 12 heteroatoms. The van der Waals surface area contributed by atoms with Crippen LogP contribution in [0.3, 0.4) is 0 Å². The van der Waals surface area contributed by atoms with Crippen LogP contribution in [0.4, 0.5) is 5.69 Å². The predicted molar refractivity (Wildman–Crippen MR) is 186 cm³/mol. The van der Waals surface area contributed by atoms with E-state index in [0.717, 1.165) is 25.8 Å². The van der Waals surface area contributed by atoms with Crippen molar-refractivity contribution in [2.24, 2.45) is 11.3 Å². The summed E-state index contributed by atoms with van der Waals surface area (Å²) in [6.45, 7) is 17.2. The fraction of sp³-hybridized carbons (Fsp3) is 0.667. The SMILES string of the molecule is CC(=C[C@H](C(C)C)N(C)C(=O)[C@@H](NC(=O)[C@H]1CCCCN1C(C)C)C(C)(C)C)C(=O)N1CCC[C@H]1C(=O)NCc1ccc([N+](=O)[O-])cc1. The van der Waals surface area contributed by atoms with E-state index >= 15 is 0 Å². The number of nitro groups is 1. The van der Waals surface area contributed by atoms with E-state index in [4.69, 9.17) is 0 Å². The molecular weight excluding hydrogens is 612 g/mol. The molecule has 2 N–H and O–H groups in total. The van der Waals surface area contributed by atoms with Gasteiger partial charge < -0.3 is 20.4 Å². The van der Waals surface area contributed by atoms with Crippen LogP contribution >= 0.6 is 0 Å². The Balaban J connectivity index is 1.73. The first kappa shape index (κ1) is 38.6. The van der Waals surface area contributed by atoms with E-state index in [1.807, 2.05) is 34.6 Å². The molecule has 2 fully saturated rings. The first-order valence-corrected chi connectivity index (χ1v) is 17.3. The van der Waals surface area contributed by atoms with E-state index in [2.05, 4.69) is 29.4 Å². The minimum absolute atomic E-state index is 0.0250. The molecule has 48 heavy (non-hydrogen) atoms. The van der Waals surface area contributed by atoms with Gasteiger partial charge in [-0.3, -0.25) is 34.2 Å². The Morgan fingerprint density at radius 1 is 0.979 bits per heavy atom. The molecule has 12 nitrogen and oxygen atoms in total. The zero-order valence-corrected chi connectivity index (χ0v) is 30.2. The standard InChI is InChI=1S/C36H56N6O6/c1-23(2)30(39(9)35(46)31(36(6,7)8)38-33(44)29-13-10-11-19-40(29)24(3)4)21-25(5)34(45)41-20-12-14-28(41)32(43)37-22-26-15-17-27(18-16-26)42(47)48/h15-18,21,23-24,28-31H,10-14,19-20,22H2,1-9H3,(H,37,43)(H,38,44)/t28-,29+,30+,31+/m0/s1. The van der Waals surface area contributed by atoms with Crippen molar-refractivity contribution in [3.63, 3.8) is 0 Å². The molecule has 2 aliphatic heterocycles. The molecule has 0 unspecified atom stereocenters. The van der Waals surface area contributed by atoms with Gasteiger partial charge in [-0.2, -0.15) is 0 Å². The number of nitrogens with one attached hydrogen (secondary N) is 2. The van der Waals surface area contributed by atoms with E-state index < -0.39 is 28.5 Å². The second-order valence-corrected chi connectivity index (χ2v) is 15.0. The van der Waals surface area contributed by atoms with Crippen LogP contribution in [0.25, 0.3) is 0 Å². The maximum absolute atomic E-state index is 14.1. The van der Waals surface area contributed by atoms with Gasteiger partial charge in [-0.1, -0.05) is 59.2 Å². The van der Waals surface area contributed by atoms with Crippen molar-refractivity contribution in [3.05, 3.63) is 51.6 Å². The molecule has 3 rings (SSSR count). The number of carbonyl (C=O) groups is 4. The minimum Gasteiger partial charge on any atom is -0.350 e. The van der Waals surface area contributed by atoms with E-state index in [1.165, 1.54) is 12.1 Å². The lowest BCUT2D eigenvalue weighted by atomic mass is 9.84. The van der Waals surface area contributed by atoms with E-state index in [9.17, 15) is 29.3 Å². The Labute approximate surface area is 285 Å². The highest BCUT2D eigenvalue weighted by Gasteiger charge is 2.40. The molecule has 0 radical (unpaired) electrons. The number of carbonyl (C=O) groups excluding carboxylic acids is 4. The summed E-state index contributed by atoms with van der Waals surface area (Å²) in [5, 5.41) is 16.9. The molecule has 0 bridgehead atoms. The summed E-state index contributed by atoms with van der Waals surface area (Å²) in [7, 11) is 1.72. The van der Waals surface area contributed by atoms with Gasteiger partial charge in [-0.05, 0) is 69.9 Å². The van der Waals surface area contributed by atoms with Gasteiger partial charge in [0.1, 0.15) is 12.1 Å². The molecule has 1 aromatic rings. The number of hydrogen-bond acceptors (Lipinski definition) is 7. The molecule has 0 saturated carbocycles. The molecule has 2 saturated heterocycles. The van der Waals surface area contributed by atoms with Crippen molar-refractivity contribution in [3.8, 4) is 0 Å². The van der Waals surface area contributed by atoms with Crippen LogP contribution in [0.5, 0.6) is 0 Å². The Morgan fingerprint density at radius 2 is 1.60 bits per heavy atom. The first-order valence-electron chi connectivity index (χ1n) is 17.3. The maximum Gasteiger partial charge on any atom is 0.269 e. The molecule has 0 aliphatic carbocycles. The number of likely N-dealkylation sites (tertiary alicyclic amines) is 2. The fourth-order valence-corrected chi connectivity index (χ4v) is 6.72. The van der Waals surface area contributed by atoms with Crippen LogP contribution in [0, 0.1) is 21.4 Å². The number of amides is 4. The van der Waals surface area contributed by atoms with Crippen molar-refractivity contribution in [2.75, 3.05) is 20.1 Å². The number of nitro benzene ring substituents is 1. The Morgan fingerprint density at radius 3 is 2.17 bits per heavy atom. The van der Waals surface area contributed by atoms with Gasteiger partial charge in [-0.25, -0.2) is 0 Å². The number of piperidine rings is 1. The van der Waals surface area contributed by atoms with Crippen molar-refractivity contribution < 1.29 is 24.1 Å². The number of likely N-dealkylation sites (N-methyl/N-ethyl adjacent to an activating group) is 1. The molecule has 4 atom stereocenters. The predicted octanol–water partition coefficient (Wildman–Crippen LogP) is 4.43. The zero-order valence-electron chi connectivity index (χ0n) is 30.2. The quantitative estimate of drug-likeness (QED) is 0.191. The Kier molecular flexibility index (Phi) is 13.3. The van der Waals surface area contributed by atoms with Gasteiger partial charge in [0.2, 0.25) is 23.6 Å². The molecule has 2 aliphatic rings. The molecule has 1 aromatic carbocycles. The van der Waals surface area contributed by atoms with E-state index in [0.29, 0.717) is 30.5 Å². The van der Waals surface area contributed by atoms with Crippen molar-refractivity contribution in [1.82, 2.24) is 25.3 Å². The number of benzene rings is 1. The van der Waals surface area contributed by atoms with E-state index in [-0.39, 0.29) is 53.9 Å². The van der Waals surface area contributed by atoms with Gasteiger partial charge in [0, 0.05) is 43.9 Å². The minimum atomic E-state index is -0.765. The first-order chi connectivity index (χ1) is 22.4. The molecule has 4 amide bonds. The topological polar surface area (TPSA) is 145 Å². The molecule has 2 heterocycles. The summed E-state index contributed by atoms with van der Waals surface area (Å²) in [4.78, 5) is 70.6. The van der Waals surface area contributed by atoms with Crippen LogP contribution in [-0.4, -0.2) is 93.6 Å². The van der Waals surface area contributed by atoms with Gasteiger partial charge in [0.25, 0.3) is 5.69 Å².